The van der Waals surface area contributed by atoms with Crippen LogP contribution in [0.15, 0.2) is 60.9 Å². The van der Waals surface area contributed by atoms with Crippen molar-refractivity contribution in [3.63, 3.8) is 0 Å². The second kappa shape index (κ2) is 8.81. The Balaban J connectivity index is 1.74. The standard InChI is InChI=1S/C21H18F3N3O3/c1-3-29-19(28)12-14(2)15-4-6-16(7-5-15)20-25-13-27(26-20)17-8-10-18(11-9-17)30-21(22,23)24/h4-13H,3H2,1-2H3/b14-12-. The highest BCUT2D eigenvalue weighted by Crippen LogP contribution is 2.24. The molecule has 0 unspecified atom stereocenters. The minimum Gasteiger partial charge on any atom is -0.463 e. The quantitative estimate of drug-likeness (QED) is 0.426. The predicted octanol–water partition coefficient (Wildman–Crippen LogP) is 4.80. The molecule has 1 heterocycles. The molecular formula is C21H18F3N3O3. The van der Waals surface area contributed by atoms with Crippen LogP contribution in [0.3, 0.4) is 0 Å². The van der Waals surface area contributed by atoms with Crippen molar-refractivity contribution in [2.75, 3.05) is 6.61 Å². The minimum absolute atomic E-state index is 0.312. The fourth-order valence-electron chi connectivity index (χ4n) is 2.65. The molecule has 6 nitrogen and oxygen atoms in total. The Morgan fingerprint density at radius 3 is 2.37 bits per heavy atom. The molecule has 30 heavy (non-hydrogen) atoms. The number of alkyl halides is 3. The number of halogens is 3. The number of esters is 1. The first-order valence-electron chi connectivity index (χ1n) is 8.99. The second-order valence-electron chi connectivity index (χ2n) is 6.21. The summed E-state index contributed by atoms with van der Waals surface area (Å²) in [5.74, 6) is -0.260. The molecule has 0 amide bonds. The number of hydrogen-bond donors (Lipinski definition) is 0. The van der Waals surface area contributed by atoms with Crippen molar-refractivity contribution in [2.45, 2.75) is 20.2 Å². The van der Waals surface area contributed by atoms with E-state index in [0.29, 0.717) is 18.1 Å². The number of allylic oxidation sites excluding steroid dienone is 1. The summed E-state index contributed by atoms with van der Waals surface area (Å²) < 4.78 is 47.0. The van der Waals surface area contributed by atoms with Gasteiger partial charge in [0, 0.05) is 11.6 Å². The summed E-state index contributed by atoms with van der Waals surface area (Å²) >= 11 is 0. The molecule has 1 aromatic heterocycles. The summed E-state index contributed by atoms with van der Waals surface area (Å²) in [6.45, 7) is 3.87. The van der Waals surface area contributed by atoms with Crippen LogP contribution in [0.5, 0.6) is 5.75 Å². The van der Waals surface area contributed by atoms with E-state index in [1.165, 1.54) is 41.4 Å². The SMILES string of the molecule is CCOC(=O)/C=C(/C)c1ccc(-c2ncn(-c3ccc(OC(F)(F)F)cc3)n2)cc1. The van der Waals surface area contributed by atoms with E-state index in [-0.39, 0.29) is 5.75 Å². The molecule has 0 saturated heterocycles. The number of carbonyl (C=O) groups excluding carboxylic acids is 1. The van der Waals surface area contributed by atoms with Crippen molar-refractivity contribution in [3.8, 4) is 22.8 Å². The summed E-state index contributed by atoms with van der Waals surface area (Å²) in [6, 6.07) is 12.6. The van der Waals surface area contributed by atoms with Crippen LogP contribution < -0.4 is 4.74 Å². The molecule has 0 aliphatic heterocycles. The highest BCUT2D eigenvalue weighted by atomic mass is 19.4. The number of ether oxygens (including phenoxy) is 2. The Labute approximate surface area is 170 Å². The number of hydrogen-bond acceptors (Lipinski definition) is 5. The molecule has 0 radical (unpaired) electrons. The average Bonchev–Trinajstić information content (AvgIpc) is 3.18. The van der Waals surface area contributed by atoms with Crippen LogP contribution in [0.4, 0.5) is 13.2 Å². The van der Waals surface area contributed by atoms with E-state index in [4.69, 9.17) is 4.74 Å². The Morgan fingerprint density at radius 1 is 1.10 bits per heavy atom. The van der Waals surface area contributed by atoms with E-state index < -0.39 is 12.3 Å². The van der Waals surface area contributed by atoms with Gasteiger partial charge in [0.05, 0.1) is 12.3 Å². The summed E-state index contributed by atoms with van der Waals surface area (Å²) in [6.07, 6.45) is -1.84. The lowest BCUT2D eigenvalue weighted by Crippen LogP contribution is -2.17. The predicted molar refractivity (Wildman–Crippen MR) is 104 cm³/mol. The molecule has 0 N–H and O–H groups in total. The van der Waals surface area contributed by atoms with Crippen LogP contribution in [0.2, 0.25) is 0 Å². The second-order valence-corrected chi connectivity index (χ2v) is 6.21. The third-order valence-corrected chi connectivity index (χ3v) is 4.05. The summed E-state index contributed by atoms with van der Waals surface area (Å²) in [5.41, 5.74) is 2.90. The average molecular weight is 417 g/mol. The molecule has 0 spiro atoms. The Bertz CT molecular complexity index is 1040. The van der Waals surface area contributed by atoms with Crippen LogP contribution in [-0.2, 0) is 9.53 Å². The van der Waals surface area contributed by atoms with Gasteiger partial charge in [-0.25, -0.2) is 14.5 Å². The Kier molecular flexibility index (Phi) is 6.20. The topological polar surface area (TPSA) is 66.2 Å². The maximum Gasteiger partial charge on any atom is 0.573 e. The first-order valence-corrected chi connectivity index (χ1v) is 8.99. The molecule has 0 atom stereocenters. The van der Waals surface area contributed by atoms with E-state index in [1.807, 2.05) is 31.2 Å². The maximum atomic E-state index is 12.3. The monoisotopic (exact) mass is 417 g/mol. The highest BCUT2D eigenvalue weighted by Gasteiger charge is 2.31. The summed E-state index contributed by atoms with van der Waals surface area (Å²) in [5, 5.41) is 4.36. The molecule has 0 fully saturated rings. The highest BCUT2D eigenvalue weighted by molar-refractivity contribution is 5.91. The number of benzene rings is 2. The van der Waals surface area contributed by atoms with Crippen molar-refractivity contribution in [1.82, 2.24) is 14.8 Å². The smallest absolute Gasteiger partial charge is 0.463 e. The molecule has 0 aliphatic carbocycles. The zero-order valence-corrected chi connectivity index (χ0v) is 16.2. The first kappa shape index (κ1) is 21.1. The van der Waals surface area contributed by atoms with Gasteiger partial charge in [0.25, 0.3) is 0 Å². The van der Waals surface area contributed by atoms with Crippen LogP contribution in [0.1, 0.15) is 19.4 Å². The van der Waals surface area contributed by atoms with Crippen LogP contribution >= 0.6 is 0 Å². The van der Waals surface area contributed by atoms with E-state index in [2.05, 4.69) is 14.8 Å². The number of carbonyl (C=O) groups is 1. The lowest BCUT2D eigenvalue weighted by atomic mass is 10.0. The zero-order chi connectivity index (χ0) is 21.7. The third kappa shape index (κ3) is 5.47. The van der Waals surface area contributed by atoms with Crippen LogP contribution in [0.25, 0.3) is 22.6 Å². The van der Waals surface area contributed by atoms with E-state index >= 15 is 0 Å². The Hall–Kier alpha value is -3.62. The molecule has 0 bridgehead atoms. The lowest BCUT2D eigenvalue weighted by molar-refractivity contribution is -0.274. The minimum atomic E-state index is -4.74. The van der Waals surface area contributed by atoms with Gasteiger partial charge in [-0.05, 0) is 49.2 Å². The fraction of sp³-hybridized carbons (Fsp3) is 0.190. The molecule has 0 saturated carbocycles. The van der Waals surface area contributed by atoms with E-state index in [1.54, 1.807) is 6.92 Å². The maximum absolute atomic E-state index is 12.3. The summed E-state index contributed by atoms with van der Waals surface area (Å²) in [4.78, 5) is 15.8. The normalized spacial score (nSPS) is 12.0. The molecule has 9 heteroatoms. The van der Waals surface area contributed by atoms with Crippen molar-refractivity contribution in [3.05, 3.63) is 66.5 Å². The van der Waals surface area contributed by atoms with Crippen LogP contribution in [0, 0.1) is 0 Å². The summed E-state index contributed by atoms with van der Waals surface area (Å²) in [7, 11) is 0. The molecule has 2 aromatic carbocycles. The number of aromatic nitrogens is 3. The van der Waals surface area contributed by atoms with Gasteiger partial charge >= 0.3 is 12.3 Å². The van der Waals surface area contributed by atoms with Crippen molar-refractivity contribution < 1.29 is 27.4 Å². The van der Waals surface area contributed by atoms with Crippen molar-refractivity contribution in [1.29, 1.82) is 0 Å². The molecule has 3 rings (SSSR count). The fourth-order valence-corrected chi connectivity index (χ4v) is 2.65. The molecule has 3 aromatic rings. The van der Waals surface area contributed by atoms with Gasteiger partial charge in [0.1, 0.15) is 12.1 Å². The Morgan fingerprint density at radius 2 is 1.77 bits per heavy atom. The molecular weight excluding hydrogens is 399 g/mol. The van der Waals surface area contributed by atoms with Gasteiger partial charge in [-0.15, -0.1) is 18.3 Å². The van der Waals surface area contributed by atoms with Gasteiger partial charge < -0.3 is 9.47 Å². The van der Waals surface area contributed by atoms with Gasteiger partial charge in [-0.3, -0.25) is 0 Å². The molecule has 0 aliphatic rings. The van der Waals surface area contributed by atoms with Gasteiger partial charge in [-0.1, -0.05) is 24.3 Å². The first-order chi connectivity index (χ1) is 14.2. The van der Waals surface area contributed by atoms with Gasteiger partial charge in [0.2, 0.25) is 0 Å². The largest absolute Gasteiger partial charge is 0.573 e. The van der Waals surface area contributed by atoms with Crippen molar-refractivity contribution >= 4 is 11.5 Å². The van der Waals surface area contributed by atoms with Crippen molar-refractivity contribution in [2.24, 2.45) is 0 Å². The number of rotatable bonds is 6. The van der Waals surface area contributed by atoms with Crippen LogP contribution in [-0.4, -0.2) is 33.7 Å². The van der Waals surface area contributed by atoms with Gasteiger partial charge in [0.15, 0.2) is 5.82 Å². The molecule has 156 valence electrons. The number of nitrogens with zero attached hydrogens (tertiary/aromatic N) is 3. The zero-order valence-electron chi connectivity index (χ0n) is 16.2. The van der Waals surface area contributed by atoms with Gasteiger partial charge in [-0.2, -0.15) is 0 Å². The van der Waals surface area contributed by atoms with E-state index in [9.17, 15) is 18.0 Å². The van der Waals surface area contributed by atoms with E-state index in [0.717, 1.165) is 16.7 Å². The lowest BCUT2D eigenvalue weighted by Gasteiger charge is -2.09. The third-order valence-electron chi connectivity index (χ3n) is 4.05.